The van der Waals surface area contributed by atoms with Gasteiger partial charge in [0.05, 0.1) is 24.3 Å². The van der Waals surface area contributed by atoms with Crippen LogP contribution in [0.3, 0.4) is 0 Å². The Morgan fingerprint density at radius 3 is 3.00 bits per heavy atom. The fraction of sp³-hybridized carbons (Fsp3) is 1.00. The molecule has 62 valence electrons. The van der Waals surface area contributed by atoms with Crippen LogP contribution in [0, 0.1) is 0 Å². The number of likely N-dealkylation sites (N-methyl/N-ethyl adjacent to an activating group) is 1. The van der Waals surface area contributed by atoms with Gasteiger partial charge in [-0.1, -0.05) is 0 Å². The van der Waals surface area contributed by atoms with Crippen LogP contribution < -0.4 is 5.32 Å². The van der Waals surface area contributed by atoms with Gasteiger partial charge in [-0.2, -0.15) is 0 Å². The van der Waals surface area contributed by atoms with Gasteiger partial charge in [0.25, 0.3) is 0 Å². The molecule has 4 atom stereocenters. The molecule has 0 radical (unpaired) electrons. The van der Waals surface area contributed by atoms with Gasteiger partial charge in [-0.25, -0.2) is 0 Å². The molecule has 0 saturated carbocycles. The molecule has 0 aromatic heterocycles. The summed E-state index contributed by atoms with van der Waals surface area (Å²) in [5.74, 6) is 0. The summed E-state index contributed by atoms with van der Waals surface area (Å²) in [6.45, 7) is 2.41. The van der Waals surface area contributed by atoms with Crippen LogP contribution in [0.5, 0.6) is 0 Å². The normalized spacial score (nSPS) is 54.3. The van der Waals surface area contributed by atoms with E-state index in [1.807, 2.05) is 7.05 Å². The lowest BCUT2D eigenvalue weighted by atomic mass is 10.1. The van der Waals surface area contributed by atoms with Crippen molar-refractivity contribution in [2.45, 2.75) is 30.7 Å². The predicted octanol–water partition coefficient (Wildman–Crippen LogP) is -0.570. The monoisotopic (exact) mass is 154 g/mol. The summed E-state index contributed by atoms with van der Waals surface area (Å²) in [6, 6.07) is 1.31. The van der Waals surface area contributed by atoms with E-state index in [0.29, 0.717) is 24.3 Å². The molecule has 0 spiro atoms. The Balaban J connectivity index is 1.93. The highest BCUT2D eigenvalue weighted by atomic mass is 16.5. The molecule has 0 unspecified atom stereocenters. The third-order valence-electron chi connectivity index (χ3n) is 3.37. The fourth-order valence-corrected chi connectivity index (χ4v) is 2.94. The first-order valence-corrected chi connectivity index (χ1v) is 4.47. The van der Waals surface area contributed by atoms with Crippen molar-refractivity contribution in [2.24, 2.45) is 0 Å². The van der Waals surface area contributed by atoms with E-state index < -0.39 is 0 Å². The van der Waals surface area contributed by atoms with E-state index in [0.717, 1.165) is 6.54 Å². The molecule has 0 aromatic rings. The Morgan fingerprint density at radius 1 is 1.45 bits per heavy atom. The maximum Gasteiger partial charge on any atom is 0.0875 e. The van der Waals surface area contributed by atoms with E-state index in [-0.39, 0.29) is 0 Å². The summed E-state index contributed by atoms with van der Waals surface area (Å²) in [5, 5.41) is 3.36. The third kappa shape index (κ3) is 0.643. The van der Waals surface area contributed by atoms with E-state index in [2.05, 4.69) is 10.2 Å². The van der Waals surface area contributed by atoms with Gasteiger partial charge < -0.3 is 10.1 Å². The maximum atomic E-state index is 5.85. The first-order valence-electron chi connectivity index (χ1n) is 4.47. The standard InChI is InChI=1S/C8H14N2O/c1-9-7-6-4-10-3-2-5(11-6)8(7)10/h5-9H,2-4H2,1H3/t5-,6-,7+,8-/m1/s1. The van der Waals surface area contributed by atoms with Gasteiger partial charge in [0, 0.05) is 13.1 Å². The Labute approximate surface area is 66.7 Å². The van der Waals surface area contributed by atoms with Gasteiger partial charge in [0.15, 0.2) is 0 Å². The van der Waals surface area contributed by atoms with Gasteiger partial charge >= 0.3 is 0 Å². The maximum absolute atomic E-state index is 5.85. The molecule has 3 heteroatoms. The van der Waals surface area contributed by atoms with E-state index in [1.54, 1.807) is 0 Å². The zero-order chi connectivity index (χ0) is 7.42. The van der Waals surface area contributed by atoms with Crippen LogP contribution >= 0.6 is 0 Å². The van der Waals surface area contributed by atoms with Crippen molar-refractivity contribution in [1.29, 1.82) is 0 Å². The molecule has 3 rings (SSSR count). The minimum Gasteiger partial charge on any atom is -0.370 e. The van der Waals surface area contributed by atoms with Gasteiger partial charge in [0.2, 0.25) is 0 Å². The van der Waals surface area contributed by atoms with Gasteiger partial charge in [-0.3, -0.25) is 4.90 Å². The smallest absolute Gasteiger partial charge is 0.0875 e. The first-order chi connectivity index (χ1) is 5.40. The molecule has 0 amide bonds. The van der Waals surface area contributed by atoms with Crippen molar-refractivity contribution in [3.63, 3.8) is 0 Å². The molecular formula is C8H14N2O. The Hall–Kier alpha value is -0.120. The van der Waals surface area contributed by atoms with Crippen molar-refractivity contribution in [1.82, 2.24) is 10.2 Å². The minimum atomic E-state index is 0.484. The zero-order valence-corrected chi connectivity index (χ0v) is 6.79. The van der Waals surface area contributed by atoms with Gasteiger partial charge in [0.1, 0.15) is 0 Å². The number of rotatable bonds is 1. The molecule has 3 nitrogen and oxygen atoms in total. The van der Waals surface area contributed by atoms with E-state index in [9.17, 15) is 0 Å². The molecule has 0 aromatic carbocycles. The molecular weight excluding hydrogens is 140 g/mol. The van der Waals surface area contributed by atoms with Crippen LogP contribution in [-0.2, 0) is 4.74 Å². The number of ether oxygens (including phenoxy) is 1. The molecule has 1 N–H and O–H groups in total. The second kappa shape index (κ2) is 1.97. The van der Waals surface area contributed by atoms with Crippen molar-refractivity contribution in [3.05, 3.63) is 0 Å². The second-order valence-corrected chi connectivity index (χ2v) is 3.80. The van der Waals surface area contributed by atoms with E-state index in [4.69, 9.17) is 4.74 Å². The van der Waals surface area contributed by atoms with E-state index in [1.165, 1.54) is 13.0 Å². The highest BCUT2D eigenvalue weighted by Crippen LogP contribution is 2.39. The molecule has 0 aliphatic carbocycles. The quantitative estimate of drug-likeness (QED) is 0.547. The SMILES string of the molecule is CN[C@@H]1[C@H]2[C@H]3CCN2C[C@H]1O3. The highest BCUT2D eigenvalue weighted by molar-refractivity contribution is 5.11. The van der Waals surface area contributed by atoms with Crippen LogP contribution in [-0.4, -0.2) is 49.3 Å². The second-order valence-electron chi connectivity index (χ2n) is 3.80. The summed E-state index contributed by atoms with van der Waals surface area (Å²) >= 11 is 0. The molecule has 11 heavy (non-hydrogen) atoms. The van der Waals surface area contributed by atoms with Crippen molar-refractivity contribution in [2.75, 3.05) is 20.1 Å². The molecule has 3 saturated heterocycles. The van der Waals surface area contributed by atoms with Gasteiger partial charge in [-0.15, -0.1) is 0 Å². The summed E-state index contributed by atoms with van der Waals surface area (Å²) in [6.07, 6.45) is 2.28. The molecule has 3 aliphatic heterocycles. The predicted molar refractivity (Wildman–Crippen MR) is 41.5 cm³/mol. The van der Waals surface area contributed by atoms with Crippen molar-refractivity contribution < 1.29 is 4.74 Å². The Morgan fingerprint density at radius 2 is 2.36 bits per heavy atom. The number of nitrogens with one attached hydrogen (secondary N) is 1. The fourth-order valence-electron chi connectivity index (χ4n) is 2.94. The topological polar surface area (TPSA) is 24.5 Å². The number of morpholine rings is 1. The van der Waals surface area contributed by atoms with Crippen LogP contribution in [0.25, 0.3) is 0 Å². The lowest BCUT2D eigenvalue weighted by Crippen LogP contribution is -2.40. The highest BCUT2D eigenvalue weighted by Gasteiger charge is 2.56. The molecule has 3 fully saturated rings. The number of fused-ring (bicyclic) bond motifs is 1. The van der Waals surface area contributed by atoms with Crippen LogP contribution in [0.15, 0.2) is 0 Å². The summed E-state index contributed by atoms with van der Waals surface area (Å²) in [7, 11) is 2.05. The van der Waals surface area contributed by atoms with Crippen molar-refractivity contribution >= 4 is 0 Å². The lowest BCUT2D eigenvalue weighted by molar-refractivity contribution is 0.00833. The Bertz CT molecular complexity index is 171. The first kappa shape index (κ1) is 6.40. The largest absolute Gasteiger partial charge is 0.370 e. The zero-order valence-electron chi connectivity index (χ0n) is 6.79. The minimum absolute atomic E-state index is 0.484. The summed E-state index contributed by atoms with van der Waals surface area (Å²) < 4.78 is 5.85. The van der Waals surface area contributed by atoms with Crippen molar-refractivity contribution in [3.8, 4) is 0 Å². The number of nitrogens with zero attached hydrogens (tertiary/aromatic N) is 1. The van der Waals surface area contributed by atoms with Crippen LogP contribution in [0.1, 0.15) is 6.42 Å². The molecule has 3 heterocycles. The lowest BCUT2D eigenvalue weighted by Gasteiger charge is -2.21. The Kier molecular flexibility index (Phi) is 1.15. The third-order valence-corrected chi connectivity index (χ3v) is 3.37. The average Bonchev–Trinajstić information content (AvgIpc) is 2.55. The van der Waals surface area contributed by atoms with Crippen LogP contribution in [0.2, 0.25) is 0 Å². The molecule has 3 aliphatic rings. The average molecular weight is 154 g/mol. The summed E-state index contributed by atoms with van der Waals surface area (Å²) in [5.41, 5.74) is 0. The number of hydrogen-bond donors (Lipinski definition) is 1. The van der Waals surface area contributed by atoms with E-state index >= 15 is 0 Å². The van der Waals surface area contributed by atoms with Crippen LogP contribution in [0.4, 0.5) is 0 Å². The van der Waals surface area contributed by atoms with Gasteiger partial charge in [-0.05, 0) is 13.5 Å². The summed E-state index contributed by atoms with van der Waals surface area (Å²) in [4.78, 5) is 2.57. The molecule has 2 bridgehead atoms. The number of hydrogen-bond acceptors (Lipinski definition) is 3.